The number of carbonyl (C=O) groups excluding carboxylic acids is 2. The number of ether oxygens (including phenoxy) is 1. The number of alkyl halides is 2. The molecule has 0 unspecified atom stereocenters. The number of rotatable bonds is 6. The number of carbonyl (C=O) groups is 2. The van der Waals surface area contributed by atoms with Crippen LogP contribution in [0.5, 0.6) is 0 Å². The van der Waals surface area contributed by atoms with Gasteiger partial charge >= 0.3 is 11.7 Å². The van der Waals surface area contributed by atoms with Gasteiger partial charge in [0, 0.05) is 6.04 Å². The van der Waals surface area contributed by atoms with Gasteiger partial charge in [-0.3, -0.25) is 4.79 Å². The van der Waals surface area contributed by atoms with Crippen molar-refractivity contribution >= 4 is 21.7 Å². The van der Waals surface area contributed by atoms with Gasteiger partial charge in [-0.2, -0.15) is 8.78 Å². The van der Waals surface area contributed by atoms with Gasteiger partial charge in [0.05, 0.1) is 10.5 Å². The first-order valence-corrected chi connectivity index (χ1v) is 9.85. The maximum atomic E-state index is 12.5. The first-order chi connectivity index (χ1) is 12.2. The lowest BCUT2D eigenvalue weighted by atomic mass is 9.86. The van der Waals surface area contributed by atoms with Crippen molar-refractivity contribution in [2.24, 2.45) is 5.92 Å². The lowest BCUT2D eigenvalue weighted by Crippen LogP contribution is -2.42. The van der Waals surface area contributed by atoms with E-state index in [0.717, 1.165) is 49.9 Å². The quantitative estimate of drug-likeness (QED) is 0.755. The average Bonchev–Trinajstić information content (AvgIpc) is 2.61. The third-order valence-corrected chi connectivity index (χ3v) is 5.84. The Hall–Kier alpha value is -2.03. The predicted molar refractivity (Wildman–Crippen MR) is 89.5 cm³/mol. The maximum Gasteiger partial charge on any atom is 0.341 e. The molecule has 1 N–H and O–H groups in total. The second-order valence-corrected chi connectivity index (χ2v) is 8.26. The lowest BCUT2D eigenvalue weighted by molar-refractivity contribution is -0.125. The van der Waals surface area contributed by atoms with E-state index >= 15 is 0 Å². The minimum Gasteiger partial charge on any atom is -0.452 e. The van der Waals surface area contributed by atoms with Crippen LogP contribution in [0.2, 0.25) is 0 Å². The van der Waals surface area contributed by atoms with E-state index in [1.54, 1.807) is 0 Å². The minimum absolute atomic E-state index is 0.0305. The molecule has 0 spiro atoms. The number of esters is 1. The Balaban J connectivity index is 1.88. The standard InChI is InChI=1S/C17H21F2NO5S/c1-11-4-2-3-5-14(11)20-15(21)10-25-16(22)12-6-8-13(9-7-12)26(23,24)17(18)19/h6-9,11,14,17H,2-5,10H2,1H3,(H,20,21)/t11-,14-/m1/s1. The van der Waals surface area contributed by atoms with Gasteiger partial charge in [0.25, 0.3) is 5.91 Å². The molecule has 2 rings (SSSR count). The number of hydrogen-bond donors (Lipinski definition) is 1. The molecule has 1 fully saturated rings. The zero-order chi connectivity index (χ0) is 19.3. The number of amides is 1. The van der Waals surface area contributed by atoms with Crippen LogP contribution in [0.4, 0.5) is 8.78 Å². The fraction of sp³-hybridized carbons (Fsp3) is 0.529. The molecule has 9 heteroatoms. The topological polar surface area (TPSA) is 89.5 Å². The van der Waals surface area contributed by atoms with E-state index in [1.807, 2.05) is 0 Å². The molecule has 0 saturated heterocycles. The van der Waals surface area contributed by atoms with Crippen molar-refractivity contribution < 1.29 is 31.5 Å². The summed E-state index contributed by atoms with van der Waals surface area (Å²) in [6.07, 6.45) is 4.11. The second kappa shape index (κ2) is 8.57. The zero-order valence-corrected chi connectivity index (χ0v) is 15.1. The summed E-state index contributed by atoms with van der Waals surface area (Å²) in [5.74, 6) is -4.41. The van der Waals surface area contributed by atoms with Crippen LogP contribution >= 0.6 is 0 Å². The number of sulfone groups is 1. The van der Waals surface area contributed by atoms with Gasteiger partial charge in [0.15, 0.2) is 6.61 Å². The van der Waals surface area contributed by atoms with Crippen LogP contribution in [-0.4, -0.2) is 38.7 Å². The van der Waals surface area contributed by atoms with Gasteiger partial charge in [-0.1, -0.05) is 19.8 Å². The van der Waals surface area contributed by atoms with Crippen LogP contribution in [0, 0.1) is 5.92 Å². The summed E-state index contributed by atoms with van der Waals surface area (Å²) >= 11 is 0. The molecule has 2 atom stereocenters. The summed E-state index contributed by atoms with van der Waals surface area (Å²) in [6, 6.07) is 4.01. The van der Waals surface area contributed by atoms with Gasteiger partial charge < -0.3 is 10.1 Å². The molecular weight excluding hydrogens is 368 g/mol. The smallest absolute Gasteiger partial charge is 0.341 e. The molecule has 1 aromatic rings. The van der Waals surface area contributed by atoms with E-state index in [-0.39, 0.29) is 11.6 Å². The molecule has 1 aromatic carbocycles. The first kappa shape index (κ1) is 20.3. The van der Waals surface area contributed by atoms with Crippen molar-refractivity contribution in [3.05, 3.63) is 29.8 Å². The molecule has 0 radical (unpaired) electrons. The fourth-order valence-electron chi connectivity index (χ4n) is 2.88. The summed E-state index contributed by atoms with van der Waals surface area (Å²) in [7, 11) is -4.72. The second-order valence-electron chi connectivity index (χ2n) is 6.34. The normalized spacial score (nSPS) is 20.6. The first-order valence-electron chi connectivity index (χ1n) is 8.30. The van der Waals surface area contributed by atoms with Gasteiger partial charge in [-0.05, 0) is 43.0 Å². The molecule has 0 bridgehead atoms. The van der Waals surface area contributed by atoms with E-state index in [1.165, 1.54) is 0 Å². The summed E-state index contributed by atoms with van der Waals surface area (Å²) in [4.78, 5) is 23.2. The Kier molecular flexibility index (Phi) is 6.69. The highest BCUT2D eigenvalue weighted by Crippen LogP contribution is 2.23. The molecule has 0 heterocycles. The molecule has 1 saturated carbocycles. The monoisotopic (exact) mass is 389 g/mol. The predicted octanol–water partition coefficient (Wildman–Crippen LogP) is 2.53. The Morgan fingerprint density at radius 2 is 1.81 bits per heavy atom. The molecule has 26 heavy (non-hydrogen) atoms. The van der Waals surface area contributed by atoms with Crippen LogP contribution in [0.3, 0.4) is 0 Å². The fourth-order valence-corrected chi connectivity index (χ4v) is 3.60. The molecule has 0 aliphatic heterocycles. The van der Waals surface area contributed by atoms with E-state index in [9.17, 15) is 26.8 Å². The van der Waals surface area contributed by atoms with E-state index < -0.39 is 39.0 Å². The summed E-state index contributed by atoms with van der Waals surface area (Å²) in [5, 5.41) is 2.84. The minimum atomic E-state index is -4.72. The highest BCUT2D eigenvalue weighted by Gasteiger charge is 2.27. The van der Waals surface area contributed by atoms with Crippen LogP contribution in [-0.2, 0) is 19.4 Å². The van der Waals surface area contributed by atoms with Crippen molar-refractivity contribution in [1.82, 2.24) is 5.32 Å². The Bertz CT molecular complexity index is 749. The van der Waals surface area contributed by atoms with Gasteiger partial charge in [0.1, 0.15) is 0 Å². The zero-order valence-electron chi connectivity index (χ0n) is 14.3. The van der Waals surface area contributed by atoms with Crippen molar-refractivity contribution in [3.63, 3.8) is 0 Å². The molecule has 0 aromatic heterocycles. The molecular formula is C17H21F2NO5S. The summed E-state index contributed by atoms with van der Waals surface area (Å²) in [6.45, 7) is 1.60. The highest BCUT2D eigenvalue weighted by molar-refractivity contribution is 7.91. The SMILES string of the molecule is C[C@@H]1CCCC[C@H]1NC(=O)COC(=O)c1ccc(S(=O)(=O)C(F)F)cc1. The van der Waals surface area contributed by atoms with Crippen LogP contribution < -0.4 is 5.32 Å². The lowest BCUT2D eigenvalue weighted by Gasteiger charge is -2.29. The van der Waals surface area contributed by atoms with E-state index in [2.05, 4.69) is 12.2 Å². The van der Waals surface area contributed by atoms with Crippen LogP contribution in [0.25, 0.3) is 0 Å². The Labute approximate surface area is 150 Å². The average molecular weight is 389 g/mol. The van der Waals surface area contributed by atoms with Crippen molar-refractivity contribution in [2.45, 2.75) is 49.3 Å². The van der Waals surface area contributed by atoms with Crippen molar-refractivity contribution in [1.29, 1.82) is 0 Å². The van der Waals surface area contributed by atoms with Crippen LogP contribution in [0.15, 0.2) is 29.2 Å². The van der Waals surface area contributed by atoms with Gasteiger partial charge in [-0.25, -0.2) is 13.2 Å². The van der Waals surface area contributed by atoms with E-state index in [4.69, 9.17) is 4.74 Å². The highest BCUT2D eigenvalue weighted by atomic mass is 32.2. The third kappa shape index (κ3) is 5.00. The van der Waals surface area contributed by atoms with E-state index in [0.29, 0.717) is 5.92 Å². The number of hydrogen-bond acceptors (Lipinski definition) is 5. The number of benzene rings is 1. The van der Waals surface area contributed by atoms with Gasteiger partial charge in [-0.15, -0.1) is 0 Å². The van der Waals surface area contributed by atoms with Crippen molar-refractivity contribution in [3.8, 4) is 0 Å². The third-order valence-electron chi connectivity index (χ3n) is 4.45. The van der Waals surface area contributed by atoms with Crippen LogP contribution in [0.1, 0.15) is 43.0 Å². The molecule has 1 aliphatic rings. The molecule has 144 valence electrons. The number of halogens is 2. The Morgan fingerprint density at radius 3 is 2.38 bits per heavy atom. The van der Waals surface area contributed by atoms with Gasteiger partial charge in [0.2, 0.25) is 9.84 Å². The molecule has 6 nitrogen and oxygen atoms in total. The summed E-state index contributed by atoms with van der Waals surface area (Å²) < 4.78 is 52.5. The number of nitrogens with one attached hydrogen (secondary N) is 1. The largest absolute Gasteiger partial charge is 0.452 e. The summed E-state index contributed by atoms with van der Waals surface area (Å²) in [5.41, 5.74) is -0.0305. The van der Waals surface area contributed by atoms with Crippen molar-refractivity contribution in [2.75, 3.05) is 6.61 Å². The maximum absolute atomic E-state index is 12.5. The Morgan fingerprint density at radius 1 is 1.19 bits per heavy atom. The molecule has 1 amide bonds. The molecule has 1 aliphatic carbocycles.